The van der Waals surface area contributed by atoms with Crippen LogP contribution in [-0.2, 0) is 22.3 Å². The van der Waals surface area contributed by atoms with Gasteiger partial charge < -0.3 is 19.7 Å². The Balaban J connectivity index is 0.00000270. The van der Waals surface area contributed by atoms with E-state index in [-0.39, 0.29) is 53.8 Å². The first-order valence-electron chi connectivity index (χ1n) is 15.9. The maximum atomic E-state index is 14.4. The number of nitrogens with one attached hydrogen (secondary N) is 1. The van der Waals surface area contributed by atoms with Crippen LogP contribution in [0.25, 0.3) is 33.8 Å². The molecule has 2 N–H and O–H groups in total. The molecule has 0 atom stereocenters. The number of alkyl halides is 3. The normalized spacial score (nSPS) is 16.4. The van der Waals surface area contributed by atoms with Crippen LogP contribution in [0.2, 0.25) is 0 Å². The monoisotopic (exact) mass is 725 g/mol. The van der Waals surface area contributed by atoms with Gasteiger partial charge in [-0.1, -0.05) is 30.7 Å². The van der Waals surface area contributed by atoms with E-state index < -0.39 is 23.5 Å². The van der Waals surface area contributed by atoms with E-state index in [1.54, 1.807) is 13.2 Å². The molecule has 2 aromatic carbocycles. The SMILES string of the molecule is COCC1(CN(C)c2cc(-c3cc(F)cc(C(F)(F)F)c3)nc3nc(-c4ccc(CN5CCC(CC(=O)O)CC5)cc4)[nH]c23)CCC1.Cl.Cl. The number of nitrogens with zero attached hydrogens (tertiary/aromatic N) is 4. The second-order valence-electron chi connectivity index (χ2n) is 13.2. The number of aromatic nitrogens is 3. The van der Waals surface area contributed by atoms with Crippen LogP contribution in [0.4, 0.5) is 23.2 Å². The average Bonchev–Trinajstić information content (AvgIpc) is 3.44. The van der Waals surface area contributed by atoms with E-state index in [2.05, 4.69) is 19.8 Å². The number of carboxylic acids is 1. The zero-order valence-electron chi connectivity index (χ0n) is 27.4. The Morgan fingerprint density at radius 3 is 2.35 bits per heavy atom. The maximum absolute atomic E-state index is 14.4. The van der Waals surface area contributed by atoms with Crippen molar-refractivity contribution in [1.29, 1.82) is 0 Å². The number of aliphatic carboxylic acids is 1. The van der Waals surface area contributed by atoms with Gasteiger partial charge in [0.1, 0.15) is 17.2 Å². The number of likely N-dealkylation sites (tertiary alicyclic amines) is 1. The lowest BCUT2D eigenvalue weighted by atomic mass is 9.69. The van der Waals surface area contributed by atoms with Gasteiger partial charge in [-0.3, -0.25) is 9.69 Å². The Morgan fingerprint density at radius 2 is 1.76 bits per heavy atom. The summed E-state index contributed by atoms with van der Waals surface area (Å²) in [6, 6.07) is 12.2. The number of aromatic amines is 1. The van der Waals surface area contributed by atoms with Gasteiger partial charge in [0.05, 0.1) is 23.6 Å². The summed E-state index contributed by atoms with van der Waals surface area (Å²) in [6.07, 6.45) is 0.366. The van der Waals surface area contributed by atoms with Crippen LogP contribution in [0.1, 0.15) is 49.7 Å². The number of pyridine rings is 1. The Morgan fingerprint density at radius 1 is 1.06 bits per heavy atom. The topological polar surface area (TPSA) is 94.6 Å². The minimum Gasteiger partial charge on any atom is -0.481 e. The number of ether oxygens (including phenoxy) is 1. The number of rotatable bonds is 11. The van der Waals surface area contributed by atoms with E-state index in [0.29, 0.717) is 41.9 Å². The average molecular weight is 727 g/mol. The minimum atomic E-state index is -4.71. The fourth-order valence-electron chi connectivity index (χ4n) is 7.00. The fourth-order valence-corrected chi connectivity index (χ4v) is 7.00. The van der Waals surface area contributed by atoms with Crippen LogP contribution in [0.3, 0.4) is 0 Å². The molecule has 49 heavy (non-hydrogen) atoms. The highest BCUT2D eigenvalue weighted by Gasteiger charge is 2.38. The summed E-state index contributed by atoms with van der Waals surface area (Å²) in [5.74, 6) is -0.949. The van der Waals surface area contributed by atoms with Crippen molar-refractivity contribution >= 4 is 47.6 Å². The quantitative estimate of drug-likeness (QED) is 0.151. The molecule has 1 aliphatic carbocycles. The van der Waals surface area contributed by atoms with Gasteiger partial charge in [0.2, 0.25) is 0 Å². The van der Waals surface area contributed by atoms with Crippen LogP contribution < -0.4 is 4.90 Å². The van der Waals surface area contributed by atoms with E-state index in [1.165, 1.54) is 0 Å². The molecule has 2 aromatic heterocycles. The van der Waals surface area contributed by atoms with Crippen LogP contribution in [0, 0.1) is 17.2 Å². The van der Waals surface area contributed by atoms with Crippen LogP contribution in [-0.4, -0.2) is 71.3 Å². The number of anilines is 1. The number of piperidine rings is 1. The summed E-state index contributed by atoms with van der Waals surface area (Å²) in [4.78, 5) is 28.2. The van der Waals surface area contributed by atoms with Gasteiger partial charge in [0.25, 0.3) is 0 Å². The Bertz CT molecular complexity index is 1740. The minimum absolute atomic E-state index is 0. The van der Waals surface area contributed by atoms with Gasteiger partial charge in [0, 0.05) is 50.2 Å². The first kappa shape index (κ1) is 38.4. The molecule has 8 nitrogen and oxygen atoms in total. The molecule has 1 saturated carbocycles. The van der Waals surface area contributed by atoms with Crippen LogP contribution >= 0.6 is 24.8 Å². The van der Waals surface area contributed by atoms with Crippen LogP contribution in [0.15, 0.2) is 48.5 Å². The summed E-state index contributed by atoms with van der Waals surface area (Å²) in [7, 11) is 3.61. The van der Waals surface area contributed by atoms with Crippen molar-refractivity contribution in [1.82, 2.24) is 19.9 Å². The molecule has 2 fully saturated rings. The van der Waals surface area contributed by atoms with E-state index in [4.69, 9.17) is 14.8 Å². The smallest absolute Gasteiger partial charge is 0.416 e. The summed E-state index contributed by atoms with van der Waals surface area (Å²) < 4.78 is 60.7. The predicted molar refractivity (Wildman–Crippen MR) is 186 cm³/mol. The largest absolute Gasteiger partial charge is 0.481 e. The molecular formula is C35H41Cl2F4N5O3. The molecule has 2 aliphatic rings. The van der Waals surface area contributed by atoms with Crippen molar-refractivity contribution in [3.63, 3.8) is 0 Å². The van der Waals surface area contributed by atoms with Crippen molar-refractivity contribution in [2.24, 2.45) is 11.3 Å². The fraction of sp³-hybridized carbons (Fsp3) is 0.457. The van der Waals surface area contributed by atoms with Crippen molar-refractivity contribution in [3.05, 3.63) is 65.5 Å². The molecule has 6 rings (SSSR count). The highest BCUT2D eigenvalue weighted by molar-refractivity contribution is 5.91. The lowest BCUT2D eigenvalue weighted by Crippen LogP contribution is -2.44. The third-order valence-electron chi connectivity index (χ3n) is 9.61. The number of fused-ring (bicyclic) bond motifs is 1. The molecule has 266 valence electrons. The van der Waals surface area contributed by atoms with Crippen molar-refractivity contribution in [2.75, 3.05) is 45.3 Å². The third kappa shape index (κ3) is 8.83. The molecule has 1 aliphatic heterocycles. The van der Waals surface area contributed by atoms with Crippen molar-refractivity contribution in [3.8, 4) is 22.6 Å². The number of hydrogen-bond acceptors (Lipinski definition) is 6. The van der Waals surface area contributed by atoms with Gasteiger partial charge >= 0.3 is 12.1 Å². The van der Waals surface area contributed by atoms with Gasteiger partial charge in [0.15, 0.2) is 5.65 Å². The molecule has 0 radical (unpaired) electrons. The first-order valence-corrected chi connectivity index (χ1v) is 15.9. The van der Waals surface area contributed by atoms with Gasteiger partial charge in [-0.05, 0) is 74.5 Å². The Kier molecular flexibility index (Phi) is 12.2. The predicted octanol–water partition coefficient (Wildman–Crippen LogP) is 8.23. The lowest BCUT2D eigenvalue weighted by Gasteiger charge is -2.44. The number of benzene rings is 2. The maximum Gasteiger partial charge on any atom is 0.416 e. The molecular weight excluding hydrogens is 685 g/mol. The Labute approximate surface area is 295 Å². The second-order valence-corrected chi connectivity index (χ2v) is 13.2. The number of imidazole rings is 1. The van der Waals surface area contributed by atoms with Gasteiger partial charge in [-0.25, -0.2) is 14.4 Å². The van der Waals surface area contributed by atoms with Gasteiger partial charge in [-0.2, -0.15) is 13.2 Å². The van der Waals surface area contributed by atoms with E-state index in [1.807, 2.05) is 31.3 Å². The highest BCUT2D eigenvalue weighted by atomic mass is 35.5. The number of carbonyl (C=O) groups is 1. The first-order chi connectivity index (χ1) is 22.4. The molecule has 14 heteroatoms. The number of methoxy groups -OCH3 is 1. The summed E-state index contributed by atoms with van der Waals surface area (Å²) in [5.41, 5.74) is 2.70. The van der Waals surface area contributed by atoms with E-state index >= 15 is 0 Å². The number of H-pyrrole nitrogens is 1. The molecule has 0 amide bonds. The lowest BCUT2D eigenvalue weighted by molar-refractivity contribution is -0.139. The Hall–Kier alpha value is -3.45. The summed E-state index contributed by atoms with van der Waals surface area (Å²) >= 11 is 0. The number of carboxylic acid groups (broad SMARTS) is 1. The molecule has 3 heterocycles. The van der Waals surface area contributed by atoms with Gasteiger partial charge in [-0.15, -0.1) is 24.8 Å². The molecule has 0 bridgehead atoms. The van der Waals surface area contributed by atoms with E-state index in [9.17, 15) is 22.4 Å². The summed E-state index contributed by atoms with van der Waals surface area (Å²) in [6.45, 7) is 3.73. The van der Waals surface area contributed by atoms with Crippen LogP contribution in [0.5, 0.6) is 0 Å². The van der Waals surface area contributed by atoms with Crippen molar-refractivity contribution < 1.29 is 32.2 Å². The number of halogens is 6. The van der Waals surface area contributed by atoms with E-state index in [0.717, 1.165) is 75.0 Å². The standard InChI is InChI=1S/C35H39F4N5O3.2ClH/c1-43(20-34(21-47-2)10-3-11-34)29-18-28(25-15-26(35(37,38)39)17-27(36)16-25)40-33-31(29)41-32(42-33)24-6-4-23(5-7-24)19-44-12-8-22(9-13-44)14-30(45)46;;/h4-7,15-18,22H,3,8-14,19-21H2,1-2H3,(H,45,46)(H,40,41,42);2*1H. The molecule has 4 aromatic rings. The zero-order chi connectivity index (χ0) is 33.3. The molecule has 0 spiro atoms. The summed E-state index contributed by atoms with van der Waals surface area (Å²) in [5, 5.41) is 9.08. The second kappa shape index (κ2) is 15.6. The third-order valence-corrected chi connectivity index (χ3v) is 9.61. The number of hydrogen-bond donors (Lipinski definition) is 2. The molecule has 0 unspecified atom stereocenters. The zero-order valence-corrected chi connectivity index (χ0v) is 29.0. The van der Waals surface area contributed by atoms with Crippen molar-refractivity contribution in [2.45, 2.75) is 51.2 Å². The highest BCUT2D eigenvalue weighted by Crippen LogP contribution is 2.43. The molecule has 1 saturated heterocycles.